The van der Waals surface area contributed by atoms with E-state index in [1.165, 1.54) is 17.0 Å². The number of anilines is 1. The summed E-state index contributed by atoms with van der Waals surface area (Å²) >= 11 is 0. The number of methoxy groups -OCH3 is 1. The Bertz CT molecular complexity index is 2290. The van der Waals surface area contributed by atoms with E-state index in [0.29, 0.717) is 60.5 Å². The number of sulfonamides is 1. The van der Waals surface area contributed by atoms with Crippen LogP contribution < -0.4 is 24.8 Å². The van der Waals surface area contributed by atoms with Crippen LogP contribution in [-0.4, -0.2) is 78.7 Å². The number of hydrogen-bond acceptors (Lipinski definition) is 9. The third-order valence-corrected chi connectivity index (χ3v) is 13.9. The van der Waals surface area contributed by atoms with Gasteiger partial charge in [-0.3, -0.25) is 19.1 Å². The van der Waals surface area contributed by atoms with Crippen molar-refractivity contribution in [2.75, 3.05) is 19.0 Å². The predicted octanol–water partition coefficient (Wildman–Crippen LogP) is 6.50. The molecule has 4 aromatic rings. The summed E-state index contributed by atoms with van der Waals surface area (Å²) in [6, 6.07) is 21.2. The van der Waals surface area contributed by atoms with Crippen LogP contribution in [0.25, 0.3) is 22.2 Å². The van der Waals surface area contributed by atoms with Gasteiger partial charge in [-0.15, -0.1) is 0 Å². The molecule has 0 radical (unpaired) electrons. The summed E-state index contributed by atoms with van der Waals surface area (Å²) in [5, 5.41) is 6.40. The number of benzene rings is 3. The van der Waals surface area contributed by atoms with Crippen LogP contribution in [0.4, 0.5) is 10.1 Å². The van der Waals surface area contributed by atoms with Crippen LogP contribution in [0.3, 0.4) is 0 Å². The quantitative estimate of drug-likeness (QED) is 0.172. The number of amides is 3. The molecule has 0 spiro atoms. The van der Waals surface area contributed by atoms with Crippen molar-refractivity contribution in [3.8, 4) is 22.8 Å². The van der Waals surface area contributed by atoms with Crippen molar-refractivity contribution in [2.45, 2.75) is 106 Å². The standard InChI is InChI=1S/C44H50FN5O7S/c1-56-32-16-19-35-38(23-32)47-37(29-11-6-4-7-12-29)25-40(35)57-33-24-39-41(51)48-44(43(53)49-58(54,55)34-17-18-34)21-20-28(26-44)10-5-2-3-8-15-36(42(52)50(39)27-33)46-31-14-9-13-30(45)22-31/h4,6-7,9,11-14,16,19,22-23,25,28,33-34,36,39,46H,2-3,5,8,10,15,17-18,20-21,24,26-27H2,1H3,(H,48,51)(H,49,53)/t28?,33-,36+,39+,44-/m1/s1. The van der Waals surface area contributed by atoms with Crippen molar-refractivity contribution >= 4 is 44.3 Å². The van der Waals surface area contributed by atoms with Gasteiger partial charge < -0.3 is 25.0 Å². The number of ether oxygens (including phenoxy) is 2. The fraction of sp³-hybridized carbons (Fsp3) is 0.455. The molecule has 2 saturated carbocycles. The van der Waals surface area contributed by atoms with Gasteiger partial charge in [-0.25, -0.2) is 17.8 Å². The second kappa shape index (κ2) is 16.6. The molecule has 2 aliphatic heterocycles. The molecule has 3 N–H and O–H groups in total. The number of halogens is 1. The van der Waals surface area contributed by atoms with E-state index >= 15 is 0 Å². The lowest BCUT2D eigenvalue weighted by Gasteiger charge is -2.33. The third kappa shape index (κ3) is 8.62. The number of fused-ring (bicyclic) bond motifs is 4. The van der Waals surface area contributed by atoms with Crippen LogP contribution in [-0.2, 0) is 24.4 Å². The minimum atomic E-state index is -3.89. The van der Waals surface area contributed by atoms with Crippen LogP contribution in [0.1, 0.15) is 77.0 Å². The first kappa shape index (κ1) is 39.6. The number of nitrogens with one attached hydrogen (secondary N) is 3. The van der Waals surface area contributed by atoms with E-state index < -0.39 is 56.6 Å². The summed E-state index contributed by atoms with van der Waals surface area (Å²) in [6.07, 6.45) is 6.40. The highest BCUT2D eigenvalue weighted by Gasteiger charge is 2.52. The maximum Gasteiger partial charge on any atom is 0.259 e. The van der Waals surface area contributed by atoms with Crippen molar-refractivity contribution in [1.29, 1.82) is 0 Å². The molecule has 4 fully saturated rings. The first-order chi connectivity index (χ1) is 28.0. The van der Waals surface area contributed by atoms with Crippen LogP contribution in [0.2, 0.25) is 0 Å². The van der Waals surface area contributed by atoms with Crippen molar-refractivity contribution in [3.05, 3.63) is 84.7 Å². The Balaban J connectivity index is 1.15. The topological polar surface area (TPSA) is 156 Å². The van der Waals surface area contributed by atoms with E-state index in [1.807, 2.05) is 54.6 Å². The number of hydrogen-bond donors (Lipinski definition) is 3. The summed E-state index contributed by atoms with van der Waals surface area (Å²) < 4.78 is 55.0. The van der Waals surface area contributed by atoms with Crippen molar-refractivity contribution in [2.24, 2.45) is 5.92 Å². The fourth-order valence-corrected chi connectivity index (χ4v) is 10.2. The first-order valence-electron chi connectivity index (χ1n) is 20.4. The molecule has 3 heterocycles. The van der Waals surface area contributed by atoms with Crippen molar-refractivity contribution < 1.29 is 36.7 Å². The number of carbonyl (C=O) groups excluding carboxylic acids is 3. The highest BCUT2D eigenvalue weighted by atomic mass is 32.2. The monoisotopic (exact) mass is 811 g/mol. The minimum Gasteiger partial charge on any atom is -0.497 e. The van der Waals surface area contributed by atoms with Gasteiger partial charge in [0.25, 0.3) is 5.91 Å². The molecule has 14 heteroatoms. The Morgan fingerprint density at radius 2 is 1.72 bits per heavy atom. The highest BCUT2D eigenvalue weighted by molar-refractivity contribution is 7.91. The average Bonchev–Trinajstić information content (AvgIpc) is 3.89. The smallest absolute Gasteiger partial charge is 0.259 e. The maximum absolute atomic E-state index is 14.8. The van der Waals surface area contributed by atoms with E-state index in [-0.39, 0.29) is 31.2 Å². The van der Waals surface area contributed by atoms with E-state index in [0.717, 1.165) is 43.1 Å². The Kier molecular flexibility index (Phi) is 11.3. The van der Waals surface area contributed by atoms with Gasteiger partial charge in [0.05, 0.1) is 30.1 Å². The van der Waals surface area contributed by atoms with E-state index in [1.54, 1.807) is 19.2 Å². The number of nitrogens with zero attached hydrogens (tertiary/aromatic N) is 2. The lowest BCUT2D eigenvalue weighted by Crippen LogP contribution is -2.62. The van der Waals surface area contributed by atoms with E-state index in [2.05, 4.69) is 15.4 Å². The molecule has 3 aromatic carbocycles. The molecule has 1 aromatic heterocycles. The Morgan fingerprint density at radius 3 is 2.48 bits per heavy atom. The molecule has 306 valence electrons. The summed E-state index contributed by atoms with van der Waals surface area (Å²) in [5.74, 6) is -0.800. The van der Waals surface area contributed by atoms with Gasteiger partial charge >= 0.3 is 0 Å². The first-order valence-corrected chi connectivity index (χ1v) is 22.0. The van der Waals surface area contributed by atoms with Crippen LogP contribution in [0, 0.1) is 11.7 Å². The number of carbonyl (C=O) groups is 3. The molecular weight excluding hydrogens is 762 g/mol. The molecule has 3 amide bonds. The zero-order chi connectivity index (χ0) is 40.4. The molecule has 2 bridgehead atoms. The summed E-state index contributed by atoms with van der Waals surface area (Å²) in [5.41, 5.74) is 1.17. The zero-order valence-corrected chi connectivity index (χ0v) is 33.4. The summed E-state index contributed by atoms with van der Waals surface area (Å²) in [7, 11) is -2.30. The van der Waals surface area contributed by atoms with Crippen LogP contribution >= 0.6 is 0 Å². The Morgan fingerprint density at radius 1 is 0.931 bits per heavy atom. The molecule has 2 aliphatic carbocycles. The number of rotatable bonds is 9. The SMILES string of the molecule is COc1ccc2c(O[C@@H]3C[C@H]4C(=O)N[C@]5(C(=O)NS(=O)(=O)C6CC6)CCC(CCCCCC[C@H](Nc6cccc(F)c6)C(=O)N4C3)C5)cc(-c3ccccc3)nc2c1. The van der Waals surface area contributed by atoms with Crippen molar-refractivity contribution in [1.82, 2.24) is 19.9 Å². The minimum absolute atomic E-state index is 0.0524. The zero-order valence-electron chi connectivity index (χ0n) is 32.6. The van der Waals surface area contributed by atoms with Gasteiger partial charge in [0.2, 0.25) is 21.8 Å². The van der Waals surface area contributed by atoms with Gasteiger partial charge in [0.15, 0.2) is 0 Å². The maximum atomic E-state index is 14.8. The lowest BCUT2D eigenvalue weighted by molar-refractivity contribution is -0.141. The van der Waals surface area contributed by atoms with Crippen LogP contribution in [0.5, 0.6) is 11.5 Å². The van der Waals surface area contributed by atoms with E-state index in [4.69, 9.17) is 14.5 Å². The second-order valence-electron chi connectivity index (χ2n) is 16.3. The fourth-order valence-electron chi connectivity index (χ4n) is 8.86. The van der Waals surface area contributed by atoms with Crippen molar-refractivity contribution in [3.63, 3.8) is 0 Å². The molecule has 5 atom stereocenters. The van der Waals surface area contributed by atoms with Gasteiger partial charge in [-0.2, -0.15) is 0 Å². The molecule has 2 saturated heterocycles. The molecule has 12 nitrogen and oxygen atoms in total. The van der Waals surface area contributed by atoms with Gasteiger partial charge in [0.1, 0.15) is 41.0 Å². The second-order valence-corrected chi connectivity index (χ2v) is 18.3. The predicted molar refractivity (Wildman–Crippen MR) is 218 cm³/mol. The van der Waals surface area contributed by atoms with Crippen LogP contribution in [0.15, 0.2) is 78.9 Å². The third-order valence-electron chi connectivity index (χ3n) is 12.1. The largest absolute Gasteiger partial charge is 0.497 e. The molecular formula is C44H50FN5O7S. The van der Waals surface area contributed by atoms with Gasteiger partial charge in [-0.05, 0) is 74.8 Å². The molecule has 8 rings (SSSR count). The Labute approximate surface area is 338 Å². The summed E-state index contributed by atoms with van der Waals surface area (Å²) in [6.45, 7) is 0.0524. The molecule has 4 aliphatic rings. The Hall–Kier alpha value is -5.24. The van der Waals surface area contributed by atoms with Gasteiger partial charge in [0, 0.05) is 35.2 Å². The lowest BCUT2D eigenvalue weighted by atomic mass is 9.92. The van der Waals surface area contributed by atoms with Gasteiger partial charge in [-0.1, -0.05) is 68.5 Å². The normalized spacial score (nSPS) is 25.6. The molecule has 1 unspecified atom stereocenters. The van der Waals surface area contributed by atoms with E-state index in [9.17, 15) is 27.2 Å². The number of pyridine rings is 1. The average molecular weight is 812 g/mol. The highest BCUT2D eigenvalue weighted by Crippen LogP contribution is 2.40. The summed E-state index contributed by atoms with van der Waals surface area (Å²) in [4.78, 5) is 50.0. The molecule has 58 heavy (non-hydrogen) atoms. The number of aromatic nitrogens is 1.